The summed E-state index contributed by atoms with van der Waals surface area (Å²) in [7, 11) is 0. The molecular weight excluding hydrogens is 500 g/mol. The van der Waals surface area contributed by atoms with Crippen LogP contribution in [0.3, 0.4) is 0 Å². The number of carbonyl (C=O) groups excluding carboxylic acids is 2. The summed E-state index contributed by atoms with van der Waals surface area (Å²) in [5, 5.41) is 24.0. The van der Waals surface area contributed by atoms with Crippen LogP contribution in [-0.4, -0.2) is 59.1 Å². The maximum Gasteiger partial charge on any atom is 0.407 e. The molecule has 0 aliphatic heterocycles. The molecule has 3 aromatic rings. The third-order valence-electron chi connectivity index (χ3n) is 6.77. The number of carboxylic acids is 1. The van der Waals surface area contributed by atoms with Crippen LogP contribution < -0.4 is 10.6 Å². The fraction of sp³-hybridized carbons (Fsp3) is 0.300. The van der Waals surface area contributed by atoms with Gasteiger partial charge in [-0.2, -0.15) is 0 Å². The Morgan fingerprint density at radius 2 is 1.38 bits per heavy atom. The van der Waals surface area contributed by atoms with Crippen molar-refractivity contribution in [2.45, 2.75) is 50.7 Å². The van der Waals surface area contributed by atoms with E-state index >= 15 is 0 Å². The summed E-state index contributed by atoms with van der Waals surface area (Å²) in [6.07, 6.45) is -3.06. The van der Waals surface area contributed by atoms with Crippen molar-refractivity contribution in [1.29, 1.82) is 0 Å². The molecule has 0 radical (unpaired) electrons. The van der Waals surface area contributed by atoms with E-state index in [1.807, 2.05) is 78.9 Å². The Bertz CT molecular complexity index is 1270. The van der Waals surface area contributed by atoms with E-state index in [2.05, 4.69) is 10.6 Å². The largest absolute Gasteiger partial charge is 0.480 e. The zero-order chi connectivity index (χ0) is 27.9. The number of ether oxygens (including phenoxy) is 2. The van der Waals surface area contributed by atoms with E-state index in [-0.39, 0.29) is 19.1 Å². The van der Waals surface area contributed by atoms with E-state index in [1.54, 1.807) is 6.92 Å². The van der Waals surface area contributed by atoms with Crippen LogP contribution in [0.15, 0.2) is 78.9 Å². The molecule has 0 aromatic heterocycles. The number of aliphatic carboxylic acids is 1. The Labute approximate surface area is 226 Å². The number of nitrogens with one attached hydrogen (secondary N) is 2. The normalized spacial score (nSPS) is 15.3. The van der Waals surface area contributed by atoms with Gasteiger partial charge >= 0.3 is 12.1 Å². The van der Waals surface area contributed by atoms with Crippen molar-refractivity contribution in [1.82, 2.24) is 10.6 Å². The van der Waals surface area contributed by atoms with Crippen molar-refractivity contribution in [2.24, 2.45) is 0 Å². The van der Waals surface area contributed by atoms with Gasteiger partial charge in [-0.15, -0.1) is 0 Å². The first-order chi connectivity index (χ1) is 18.8. The molecule has 0 bridgehead atoms. The summed E-state index contributed by atoms with van der Waals surface area (Å²) < 4.78 is 11.4. The molecule has 2 amide bonds. The van der Waals surface area contributed by atoms with Crippen LogP contribution >= 0.6 is 0 Å². The predicted molar refractivity (Wildman–Crippen MR) is 144 cm³/mol. The highest BCUT2D eigenvalue weighted by Crippen LogP contribution is 2.44. The lowest BCUT2D eigenvalue weighted by molar-refractivity contribution is -0.145. The van der Waals surface area contributed by atoms with Gasteiger partial charge in [0.15, 0.2) is 6.04 Å². The van der Waals surface area contributed by atoms with Crippen molar-refractivity contribution >= 4 is 18.0 Å². The van der Waals surface area contributed by atoms with Gasteiger partial charge in [-0.3, -0.25) is 4.79 Å². The number of carboxylic acid groups (broad SMARTS) is 1. The molecule has 0 spiro atoms. The fourth-order valence-electron chi connectivity index (χ4n) is 4.69. The number of carbonyl (C=O) groups is 3. The summed E-state index contributed by atoms with van der Waals surface area (Å²) in [6, 6.07) is 22.3. The molecule has 1 aliphatic rings. The van der Waals surface area contributed by atoms with Crippen molar-refractivity contribution < 1.29 is 34.1 Å². The highest BCUT2D eigenvalue weighted by molar-refractivity contribution is 5.90. The van der Waals surface area contributed by atoms with Crippen LogP contribution in [0.25, 0.3) is 11.1 Å². The van der Waals surface area contributed by atoms with Gasteiger partial charge in [-0.1, -0.05) is 78.9 Å². The van der Waals surface area contributed by atoms with Gasteiger partial charge in [0.1, 0.15) is 12.6 Å². The third-order valence-corrected chi connectivity index (χ3v) is 6.77. The van der Waals surface area contributed by atoms with E-state index in [0.29, 0.717) is 0 Å². The molecule has 0 fully saturated rings. The Balaban J connectivity index is 1.46. The van der Waals surface area contributed by atoms with E-state index < -0.39 is 42.3 Å². The van der Waals surface area contributed by atoms with Crippen LogP contribution in [0.4, 0.5) is 4.79 Å². The zero-order valence-electron chi connectivity index (χ0n) is 21.7. The fourth-order valence-corrected chi connectivity index (χ4v) is 4.69. The number of aliphatic hydroxyl groups is 1. The summed E-state index contributed by atoms with van der Waals surface area (Å²) in [6.45, 7) is 3.05. The number of amides is 2. The Morgan fingerprint density at radius 1 is 0.821 bits per heavy atom. The van der Waals surface area contributed by atoms with Crippen LogP contribution in [0.1, 0.15) is 36.5 Å². The minimum absolute atomic E-state index is 0.0406. The molecular formula is C30H32N2O7. The molecule has 0 saturated heterocycles. The standard InChI is InChI=1S/C30H32N2O7/c1-18(33)26(29(35)36)31-28(34)27(19(2)38-16-20-10-4-3-5-11-20)32-30(37)39-17-25-23-14-8-6-12-21(23)22-13-7-9-15-24(22)25/h3-15,18-19,25-27,33H,16-17H2,1-2H3,(H,31,34)(H,32,37)(H,35,36). The molecule has 0 heterocycles. The molecule has 4 atom stereocenters. The first-order valence-electron chi connectivity index (χ1n) is 12.7. The first-order valence-corrected chi connectivity index (χ1v) is 12.7. The smallest absolute Gasteiger partial charge is 0.407 e. The van der Waals surface area contributed by atoms with Crippen molar-refractivity contribution in [3.8, 4) is 11.1 Å². The molecule has 4 unspecified atom stereocenters. The van der Waals surface area contributed by atoms with Gasteiger partial charge in [-0.25, -0.2) is 9.59 Å². The maximum atomic E-state index is 13.1. The maximum absolute atomic E-state index is 13.1. The summed E-state index contributed by atoms with van der Waals surface area (Å²) >= 11 is 0. The Kier molecular flexibility index (Phi) is 8.96. The number of rotatable bonds is 11. The summed E-state index contributed by atoms with van der Waals surface area (Å²) in [5.74, 6) is -2.40. The number of aliphatic hydroxyl groups excluding tert-OH is 1. The van der Waals surface area contributed by atoms with Crippen molar-refractivity contribution in [3.63, 3.8) is 0 Å². The molecule has 9 nitrogen and oxygen atoms in total. The molecule has 3 aromatic carbocycles. The number of hydrogen-bond donors (Lipinski definition) is 4. The second-order valence-corrected chi connectivity index (χ2v) is 9.51. The number of benzene rings is 3. The lowest BCUT2D eigenvalue weighted by Gasteiger charge is -2.27. The lowest BCUT2D eigenvalue weighted by Crippen LogP contribution is -2.58. The Morgan fingerprint density at radius 3 is 1.95 bits per heavy atom. The highest BCUT2D eigenvalue weighted by atomic mass is 16.5. The topological polar surface area (TPSA) is 134 Å². The molecule has 1 aliphatic carbocycles. The number of alkyl carbamates (subject to hydrolysis) is 1. The van der Waals surface area contributed by atoms with Gasteiger partial charge in [0.05, 0.1) is 18.8 Å². The quantitative estimate of drug-likeness (QED) is 0.297. The Hall–Kier alpha value is -4.21. The minimum atomic E-state index is -1.56. The van der Waals surface area contributed by atoms with E-state index in [1.165, 1.54) is 6.92 Å². The van der Waals surface area contributed by atoms with Crippen molar-refractivity contribution in [2.75, 3.05) is 6.61 Å². The molecule has 39 heavy (non-hydrogen) atoms. The molecule has 204 valence electrons. The second-order valence-electron chi connectivity index (χ2n) is 9.51. The third kappa shape index (κ3) is 6.63. The minimum Gasteiger partial charge on any atom is -0.480 e. The van der Waals surface area contributed by atoms with Crippen LogP contribution in [0, 0.1) is 0 Å². The van der Waals surface area contributed by atoms with Gasteiger partial charge in [0.2, 0.25) is 5.91 Å². The monoisotopic (exact) mass is 532 g/mol. The van der Waals surface area contributed by atoms with Crippen LogP contribution in [0.2, 0.25) is 0 Å². The van der Waals surface area contributed by atoms with Gasteiger partial charge in [0, 0.05) is 5.92 Å². The van der Waals surface area contributed by atoms with Gasteiger partial charge in [0.25, 0.3) is 0 Å². The van der Waals surface area contributed by atoms with E-state index in [0.717, 1.165) is 27.8 Å². The van der Waals surface area contributed by atoms with Gasteiger partial charge < -0.3 is 30.3 Å². The first kappa shape index (κ1) is 27.8. The molecule has 4 rings (SSSR count). The lowest BCUT2D eigenvalue weighted by atomic mass is 9.98. The van der Waals surface area contributed by atoms with Crippen LogP contribution in [0.5, 0.6) is 0 Å². The molecule has 9 heteroatoms. The van der Waals surface area contributed by atoms with Crippen LogP contribution in [-0.2, 0) is 25.7 Å². The molecule has 0 saturated carbocycles. The highest BCUT2D eigenvalue weighted by Gasteiger charge is 2.34. The average molecular weight is 533 g/mol. The van der Waals surface area contributed by atoms with Gasteiger partial charge in [-0.05, 0) is 41.7 Å². The SMILES string of the molecule is CC(O)C(NC(=O)C(NC(=O)OCC1c2ccccc2-c2ccccc21)C(C)OCc1ccccc1)C(=O)O. The van der Waals surface area contributed by atoms with E-state index in [4.69, 9.17) is 9.47 Å². The summed E-state index contributed by atoms with van der Waals surface area (Å²) in [4.78, 5) is 37.6. The molecule has 4 N–H and O–H groups in total. The average Bonchev–Trinajstić information content (AvgIpc) is 3.26. The number of hydrogen-bond acceptors (Lipinski definition) is 6. The van der Waals surface area contributed by atoms with Crippen molar-refractivity contribution in [3.05, 3.63) is 95.6 Å². The second kappa shape index (κ2) is 12.6. The zero-order valence-corrected chi connectivity index (χ0v) is 21.7. The number of fused-ring (bicyclic) bond motifs is 3. The van der Waals surface area contributed by atoms with E-state index in [9.17, 15) is 24.6 Å². The summed E-state index contributed by atoms with van der Waals surface area (Å²) in [5.41, 5.74) is 5.11. The predicted octanol–water partition coefficient (Wildman–Crippen LogP) is 3.45.